The van der Waals surface area contributed by atoms with Crippen LogP contribution in [-0.4, -0.2) is 42.1 Å². The lowest BCUT2D eigenvalue weighted by Crippen LogP contribution is -2.58. The molecule has 0 spiro atoms. The van der Waals surface area contributed by atoms with Crippen molar-refractivity contribution in [1.29, 1.82) is 5.41 Å². The molecule has 2 aliphatic carbocycles. The Hall–Kier alpha value is -2.22. The number of nitrogens with two attached hydrogens (primary N) is 1. The number of hydrogen-bond acceptors (Lipinski definition) is 8. The van der Waals surface area contributed by atoms with Gasteiger partial charge in [-0.3, -0.25) is 15.9 Å². The second kappa shape index (κ2) is 4.91. The van der Waals surface area contributed by atoms with E-state index >= 15 is 0 Å². The molecule has 3 fully saturated rings. The van der Waals surface area contributed by atoms with Crippen molar-refractivity contribution in [3.63, 3.8) is 0 Å². The second-order valence-corrected chi connectivity index (χ2v) is 5.82. The first kappa shape index (κ1) is 14.7. The molecular formula is C14H16N2O6. The number of hydrogen-bond donors (Lipinski definition) is 2. The highest BCUT2D eigenvalue weighted by Crippen LogP contribution is 2.58. The van der Waals surface area contributed by atoms with E-state index in [4.69, 9.17) is 20.6 Å². The van der Waals surface area contributed by atoms with Crippen molar-refractivity contribution in [1.82, 2.24) is 0 Å². The van der Waals surface area contributed by atoms with Crippen molar-refractivity contribution in [3.8, 4) is 0 Å². The number of nitrogens with one attached hydrogen (secondary N) is 1. The number of ether oxygens (including phenoxy) is 3. The fourth-order valence-electron chi connectivity index (χ4n) is 3.66. The van der Waals surface area contributed by atoms with Gasteiger partial charge in [0.2, 0.25) is 5.72 Å². The molecule has 5 atom stereocenters. The van der Waals surface area contributed by atoms with E-state index in [1.165, 1.54) is 0 Å². The molecule has 8 nitrogen and oxygen atoms in total. The molecule has 2 bridgehead atoms. The zero-order valence-corrected chi connectivity index (χ0v) is 11.7. The average molecular weight is 308 g/mol. The molecule has 22 heavy (non-hydrogen) atoms. The van der Waals surface area contributed by atoms with Gasteiger partial charge in [-0.15, -0.1) is 0 Å². The molecule has 3 rings (SSSR count). The van der Waals surface area contributed by atoms with Crippen LogP contribution in [0.2, 0.25) is 0 Å². The van der Waals surface area contributed by atoms with Crippen LogP contribution in [0.4, 0.5) is 0 Å². The number of carbonyl (C=O) groups excluding carboxylic acids is 3. The van der Waals surface area contributed by atoms with Gasteiger partial charge in [0.15, 0.2) is 12.7 Å². The van der Waals surface area contributed by atoms with Gasteiger partial charge >= 0.3 is 17.9 Å². The smallest absolute Gasteiger partial charge is 0.356 e. The molecule has 2 saturated carbocycles. The highest BCUT2D eigenvalue weighted by molar-refractivity contribution is 6.39. The molecule has 3 aliphatic rings. The molecule has 118 valence electrons. The van der Waals surface area contributed by atoms with Crippen molar-refractivity contribution in [3.05, 3.63) is 12.7 Å². The van der Waals surface area contributed by atoms with Gasteiger partial charge in [0.05, 0.1) is 5.92 Å². The molecule has 3 N–H and O–H groups in total. The van der Waals surface area contributed by atoms with Crippen LogP contribution >= 0.6 is 0 Å². The monoisotopic (exact) mass is 308 g/mol. The second-order valence-electron chi connectivity index (χ2n) is 5.82. The van der Waals surface area contributed by atoms with E-state index in [1.807, 2.05) is 0 Å². The number of rotatable bonds is 5. The first-order valence-corrected chi connectivity index (χ1v) is 6.96. The van der Waals surface area contributed by atoms with Gasteiger partial charge in [-0.25, -0.2) is 9.59 Å². The Morgan fingerprint density at radius 1 is 1.50 bits per heavy atom. The van der Waals surface area contributed by atoms with Crippen molar-refractivity contribution in [2.24, 2.45) is 23.5 Å². The van der Waals surface area contributed by atoms with Crippen molar-refractivity contribution in [2.45, 2.75) is 24.7 Å². The maximum Gasteiger partial charge on any atom is 0.356 e. The summed E-state index contributed by atoms with van der Waals surface area (Å²) in [5, 5.41) is 7.18. The largest absolute Gasteiger partial charge is 0.456 e. The van der Waals surface area contributed by atoms with E-state index in [0.717, 1.165) is 6.08 Å². The van der Waals surface area contributed by atoms with E-state index in [2.05, 4.69) is 11.3 Å². The molecule has 1 heterocycles. The highest BCUT2D eigenvalue weighted by atomic mass is 16.6. The minimum absolute atomic E-state index is 0.00760. The predicted octanol–water partition coefficient (Wildman–Crippen LogP) is -0.485. The van der Waals surface area contributed by atoms with Gasteiger partial charge in [-0.05, 0) is 18.9 Å². The third kappa shape index (κ3) is 2.02. The molecule has 0 aromatic heterocycles. The lowest BCUT2D eigenvalue weighted by molar-refractivity contribution is -0.186. The molecule has 0 aromatic rings. The van der Waals surface area contributed by atoms with Crippen LogP contribution in [0.5, 0.6) is 0 Å². The minimum Gasteiger partial charge on any atom is -0.456 e. The molecule has 1 saturated heterocycles. The molecule has 0 amide bonds. The van der Waals surface area contributed by atoms with Gasteiger partial charge in [0.25, 0.3) is 0 Å². The standard InChI is InChI=1S/C14H16N2O6/c1-2-9(15)13(19)20-5-10(17)22-14(16)6-3-7-8(4-6)12(18)21-11(7)14/h2,6-8,11,15H,1,3-5,16H2. The summed E-state index contributed by atoms with van der Waals surface area (Å²) < 4.78 is 15.1. The van der Waals surface area contributed by atoms with Crippen molar-refractivity contribution >= 4 is 23.6 Å². The average Bonchev–Trinajstić information content (AvgIpc) is 3.09. The van der Waals surface area contributed by atoms with E-state index in [9.17, 15) is 14.4 Å². The summed E-state index contributed by atoms with van der Waals surface area (Å²) in [6.45, 7) is 2.59. The fraction of sp³-hybridized carbons (Fsp3) is 0.571. The van der Waals surface area contributed by atoms with Crippen LogP contribution < -0.4 is 5.73 Å². The zero-order valence-electron chi connectivity index (χ0n) is 11.7. The summed E-state index contributed by atoms with van der Waals surface area (Å²) in [4.78, 5) is 34.8. The van der Waals surface area contributed by atoms with Crippen LogP contribution in [0.15, 0.2) is 12.7 Å². The summed E-state index contributed by atoms with van der Waals surface area (Å²) >= 11 is 0. The number of esters is 3. The summed E-state index contributed by atoms with van der Waals surface area (Å²) in [7, 11) is 0. The van der Waals surface area contributed by atoms with Crippen LogP contribution in [0.1, 0.15) is 12.8 Å². The molecule has 5 unspecified atom stereocenters. The summed E-state index contributed by atoms with van der Waals surface area (Å²) in [6.07, 6.45) is 1.61. The Labute approximate surface area is 126 Å². The minimum atomic E-state index is -1.36. The summed E-state index contributed by atoms with van der Waals surface area (Å²) in [6, 6.07) is 0. The van der Waals surface area contributed by atoms with E-state index < -0.39 is 36.1 Å². The molecular weight excluding hydrogens is 292 g/mol. The van der Waals surface area contributed by atoms with E-state index in [-0.39, 0.29) is 23.7 Å². The Bertz CT molecular complexity index is 588. The van der Waals surface area contributed by atoms with Gasteiger partial charge in [0.1, 0.15) is 5.71 Å². The van der Waals surface area contributed by atoms with Crippen molar-refractivity contribution in [2.75, 3.05) is 6.61 Å². The lowest BCUT2D eigenvalue weighted by atomic mass is 9.84. The van der Waals surface area contributed by atoms with Crippen LogP contribution in [0.3, 0.4) is 0 Å². The Balaban J connectivity index is 1.60. The Morgan fingerprint density at radius 3 is 2.91 bits per heavy atom. The first-order valence-electron chi connectivity index (χ1n) is 6.96. The molecule has 1 aliphatic heterocycles. The van der Waals surface area contributed by atoms with Crippen molar-refractivity contribution < 1.29 is 28.6 Å². The SMILES string of the molecule is C=CC(=N)C(=O)OCC(=O)OC1(N)C2CC3C(=O)OC1C3C2. The Kier molecular flexibility index (Phi) is 3.28. The normalized spacial score (nSPS) is 37.6. The third-order valence-corrected chi connectivity index (χ3v) is 4.67. The van der Waals surface area contributed by atoms with Gasteiger partial charge < -0.3 is 14.2 Å². The van der Waals surface area contributed by atoms with Gasteiger partial charge in [-0.2, -0.15) is 0 Å². The Morgan fingerprint density at radius 2 is 2.23 bits per heavy atom. The van der Waals surface area contributed by atoms with E-state index in [0.29, 0.717) is 12.8 Å². The van der Waals surface area contributed by atoms with Gasteiger partial charge in [0, 0.05) is 11.8 Å². The van der Waals surface area contributed by atoms with Crippen LogP contribution in [0.25, 0.3) is 0 Å². The number of fused-ring (bicyclic) bond motifs is 1. The number of carbonyl (C=O) groups is 3. The summed E-state index contributed by atoms with van der Waals surface area (Å²) in [5.41, 5.74) is 4.35. The van der Waals surface area contributed by atoms with Crippen LogP contribution in [0, 0.1) is 23.2 Å². The molecule has 0 aromatic carbocycles. The van der Waals surface area contributed by atoms with E-state index in [1.54, 1.807) is 0 Å². The maximum atomic E-state index is 11.8. The fourth-order valence-corrected chi connectivity index (χ4v) is 3.66. The van der Waals surface area contributed by atoms with Crippen LogP contribution in [-0.2, 0) is 28.6 Å². The summed E-state index contributed by atoms with van der Waals surface area (Å²) in [5.74, 6) is -2.38. The molecule has 8 heteroatoms. The maximum absolute atomic E-state index is 11.8. The quantitative estimate of drug-likeness (QED) is 0.303. The first-order chi connectivity index (χ1) is 10.4. The lowest BCUT2D eigenvalue weighted by Gasteiger charge is -2.35. The third-order valence-electron chi connectivity index (χ3n) is 4.67. The molecule has 0 radical (unpaired) electrons. The topological polar surface area (TPSA) is 129 Å². The highest BCUT2D eigenvalue weighted by Gasteiger charge is 2.69. The van der Waals surface area contributed by atoms with Gasteiger partial charge in [-0.1, -0.05) is 6.58 Å². The predicted molar refractivity (Wildman–Crippen MR) is 71.5 cm³/mol. The zero-order chi connectivity index (χ0) is 16.1.